The van der Waals surface area contributed by atoms with E-state index in [1.54, 1.807) is 17.3 Å². The van der Waals surface area contributed by atoms with Gasteiger partial charge in [0.25, 0.3) is 0 Å². The average Bonchev–Trinajstić information content (AvgIpc) is 2.77. The quantitative estimate of drug-likeness (QED) is 0.682. The van der Waals surface area contributed by atoms with Gasteiger partial charge in [-0.15, -0.1) is 0 Å². The molecule has 2 aliphatic rings. The van der Waals surface area contributed by atoms with Crippen molar-refractivity contribution in [3.8, 4) is 6.07 Å². The number of carbonyl (C=O) groups excluding carboxylic acids is 1. The zero-order valence-corrected chi connectivity index (χ0v) is 15.6. The largest absolute Gasteiger partial charge is 0.444 e. The number of hydrogen-bond acceptors (Lipinski definition) is 4. The molecule has 0 aromatic carbocycles. The predicted octanol–water partition coefficient (Wildman–Crippen LogP) is 3.94. The van der Waals surface area contributed by atoms with Crippen molar-refractivity contribution in [1.82, 2.24) is 9.88 Å². The number of halogens is 1. The summed E-state index contributed by atoms with van der Waals surface area (Å²) in [5, 5.41) is 9.90. The summed E-state index contributed by atoms with van der Waals surface area (Å²) in [5.41, 5.74) is -0.287. The fourth-order valence-corrected chi connectivity index (χ4v) is 3.83. The summed E-state index contributed by atoms with van der Waals surface area (Å²) in [6, 6.07) is 4.18. The first-order valence-corrected chi connectivity index (χ1v) is 8.75. The minimum Gasteiger partial charge on any atom is -0.444 e. The van der Waals surface area contributed by atoms with Gasteiger partial charge in [-0.2, -0.15) is 5.26 Å². The number of amides is 1. The Bertz CT molecular complexity index is 717. The van der Waals surface area contributed by atoms with Crippen LogP contribution in [0.1, 0.15) is 39.2 Å². The molecule has 0 unspecified atom stereocenters. The van der Waals surface area contributed by atoms with Crippen molar-refractivity contribution in [2.45, 2.75) is 56.7 Å². The molecule has 3 atom stereocenters. The van der Waals surface area contributed by atoms with Crippen LogP contribution in [0.2, 0.25) is 0 Å². The maximum Gasteiger partial charge on any atom is 0.411 e. The Balaban J connectivity index is 1.87. The molecule has 0 spiro atoms. The first-order chi connectivity index (χ1) is 11.2. The molecule has 5 nitrogen and oxygen atoms in total. The highest BCUT2D eigenvalue weighted by molar-refractivity contribution is 9.10. The highest BCUT2D eigenvalue weighted by Gasteiger charge is 2.50. The van der Waals surface area contributed by atoms with Crippen molar-refractivity contribution in [2.75, 3.05) is 0 Å². The third-order valence-corrected chi connectivity index (χ3v) is 4.89. The highest BCUT2D eigenvalue weighted by Crippen LogP contribution is 2.44. The molecule has 0 aliphatic carbocycles. The van der Waals surface area contributed by atoms with Gasteiger partial charge < -0.3 is 4.74 Å². The molecule has 1 saturated heterocycles. The minimum atomic E-state index is -0.645. The molecule has 3 rings (SSSR count). The Morgan fingerprint density at radius 1 is 1.38 bits per heavy atom. The van der Waals surface area contributed by atoms with Crippen LogP contribution < -0.4 is 0 Å². The molecule has 1 fully saturated rings. The fraction of sp³-hybridized carbons (Fsp3) is 0.500. The van der Waals surface area contributed by atoms with Crippen LogP contribution in [0.3, 0.4) is 0 Å². The second-order valence-electron chi connectivity index (χ2n) is 7.40. The Morgan fingerprint density at radius 3 is 2.50 bits per heavy atom. The van der Waals surface area contributed by atoms with Crippen molar-refractivity contribution in [3.05, 3.63) is 40.6 Å². The number of aromatic nitrogens is 1. The first kappa shape index (κ1) is 17.0. The maximum atomic E-state index is 12.5. The van der Waals surface area contributed by atoms with E-state index in [4.69, 9.17) is 4.74 Å². The maximum absolute atomic E-state index is 12.5. The van der Waals surface area contributed by atoms with Crippen molar-refractivity contribution in [2.24, 2.45) is 0 Å². The smallest absolute Gasteiger partial charge is 0.411 e. The number of hydrogen-bond donors (Lipinski definition) is 0. The third-order valence-electron chi connectivity index (χ3n) is 4.46. The molecule has 24 heavy (non-hydrogen) atoms. The number of nitriles is 1. The summed E-state index contributed by atoms with van der Waals surface area (Å²) in [6.45, 7) is 5.57. The van der Waals surface area contributed by atoms with Crippen LogP contribution in [-0.4, -0.2) is 33.7 Å². The van der Waals surface area contributed by atoms with Crippen LogP contribution in [0.15, 0.2) is 35.1 Å². The normalized spacial score (nSPS) is 28.5. The fourth-order valence-electron chi connectivity index (χ4n) is 3.47. The van der Waals surface area contributed by atoms with Gasteiger partial charge in [-0.25, -0.2) is 4.79 Å². The molecular formula is C18H20BrN3O2. The van der Waals surface area contributed by atoms with Crippen molar-refractivity contribution in [3.63, 3.8) is 0 Å². The van der Waals surface area contributed by atoms with Crippen molar-refractivity contribution in [1.29, 1.82) is 5.26 Å². The van der Waals surface area contributed by atoms with E-state index in [0.29, 0.717) is 12.8 Å². The first-order valence-electron chi connectivity index (χ1n) is 7.96. The molecule has 1 amide bonds. The molecule has 0 N–H and O–H groups in total. The lowest BCUT2D eigenvalue weighted by Crippen LogP contribution is -2.53. The molecule has 1 aromatic rings. The Kier molecular flexibility index (Phi) is 4.16. The van der Waals surface area contributed by atoms with E-state index >= 15 is 0 Å². The minimum absolute atomic E-state index is 0.128. The number of ether oxygens (including phenoxy) is 1. The Morgan fingerprint density at radius 2 is 2.00 bits per heavy atom. The van der Waals surface area contributed by atoms with Crippen LogP contribution in [0.5, 0.6) is 0 Å². The molecule has 6 heteroatoms. The zero-order valence-electron chi connectivity index (χ0n) is 14.0. The van der Waals surface area contributed by atoms with Gasteiger partial charge in [0, 0.05) is 16.9 Å². The van der Waals surface area contributed by atoms with Gasteiger partial charge in [-0.3, -0.25) is 9.88 Å². The van der Waals surface area contributed by atoms with E-state index in [2.05, 4.69) is 27.0 Å². The molecule has 126 valence electrons. The number of piperidine rings is 1. The van der Waals surface area contributed by atoms with Gasteiger partial charge in [-0.05, 0) is 61.2 Å². The lowest BCUT2D eigenvalue weighted by atomic mass is 9.71. The lowest BCUT2D eigenvalue weighted by Gasteiger charge is -2.43. The summed E-state index contributed by atoms with van der Waals surface area (Å²) in [4.78, 5) is 18.5. The van der Waals surface area contributed by atoms with E-state index < -0.39 is 11.0 Å². The molecule has 2 bridgehead atoms. The Labute approximate surface area is 150 Å². The Hall–Kier alpha value is -1.87. The predicted molar refractivity (Wildman–Crippen MR) is 93.3 cm³/mol. The number of carbonyl (C=O) groups is 1. The summed E-state index contributed by atoms with van der Waals surface area (Å²) in [7, 11) is 0. The molecule has 2 aliphatic heterocycles. The summed E-state index contributed by atoms with van der Waals surface area (Å²) < 4.78 is 6.38. The zero-order chi connectivity index (χ0) is 17.5. The van der Waals surface area contributed by atoms with Crippen LogP contribution >= 0.6 is 15.9 Å². The second kappa shape index (κ2) is 5.89. The van der Waals surface area contributed by atoms with Gasteiger partial charge in [0.05, 0.1) is 23.6 Å². The average molecular weight is 390 g/mol. The van der Waals surface area contributed by atoms with Crippen molar-refractivity contribution < 1.29 is 9.53 Å². The number of pyridine rings is 1. The SMILES string of the molecule is CC(C)(C)OC(=O)N1[C@@H]2C=C[C@H]1C[C@](C#N)(c1cncc(Br)c1)C2. The molecule has 0 radical (unpaired) electrons. The number of rotatable bonds is 1. The van der Waals surface area contributed by atoms with Crippen LogP contribution in [0, 0.1) is 11.3 Å². The van der Waals surface area contributed by atoms with E-state index in [1.165, 1.54) is 0 Å². The third kappa shape index (κ3) is 3.05. The van der Waals surface area contributed by atoms with Crippen LogP contribution in [0.25, 0.3) is 0 Å². The van der Waals surface area contributed by atoms with Gasteiger partial charge in [0.1, 0.15) is 5.60 Å². The number of nitrogens with zero attached hydrogens (tertiary/aromatic N) is 3. The summed E-state index contributed by atoms with van der Waals surface area (Å²) in [5.74, 6) is 0. The van der Waals surface area contributed by atoms with E-state index in [-0.39, 0.29) is 18.2 Å². The monoisotopic (exact) mass is 389 g/mol. The topological polar surface area (TPSA) is 66.2 Å². The molecule has 1 aromatic heterocycles. The van der Waals surface area contributed by atoms with Crippen LogP contribution in [0.4, 0.5) is 4.79 Å². The van der Waals surface area contributed by atoms with Crippen molar-refractivity contribution >= 4 is 22.0 Å². The van der Waals surface area contributed by atoms with E-state index in [0.717, 1.165) is 10.0 Å². The van der Waals surface area contributed by atoms with E-state index in [1.807, 2.05) is 39.0 Å². The molecule has 3 heterocycles. The number of fused-ring (bicyclic) bond motifs is 2. The second-order valence-corrected chi connectivity index (χ2v) is 8.32. The summed E-state index contributed by atoms with van der Waals surface area (Å²) >= 11 is 3.42. The van der Waals surface area contributed by atoms with Crippen LogP contribution in [-0.2, 0) is 10.2 Å². The van der Waals surface area contributed by atoms with Gasteiger partial charge in [-0.1, -0.05) is 12.2 Å². The van der Waals surface area contributed by atoms with Gasteiger partial charge >= 0.3 is 6.09 Å². The molecular weight excluding hydrogens is 370 g/mol. The lowest BCUT2D eigenvalue weighted by molar-refractivity contribution is 0.00562. The standard InChI is InChI=1S/C18H20BrN3O2/c1-17(2,3)24-16(23)22-14-4-5-15(22)8-18(7-14,11-20)12-6-13(19)10-21-9-12/h4-6,9-10,14-15H,7-8H2,1-3H3/t14-,15+,18-. The van der Waals surface area contributed by atoms with Gasteiger partial charge in [0.15, 0.2) is 0 Å². The highest BCUT2D eigenvalue weighted by atomic mass is 79.9. The summed E-state index contributed by atoms with van der Waals surface area (Å²) in [6.07, 6.45) is 8.26. The molecule has 0 saturated carbocycles. The van der Waals surface area contributed by atoms with Gasteiger partial charge in [0.2, 0.25) is 0 Å². The van der Waals surface area contributed by atoms with E-state index in [9.17, 15) is 10.1 Å².